The largest absolute Gasteiger partial charge is 0.389 e. The van der Waals surface area contributed by atoms with Crippen LogP contribution >= 0.6 is 0 Å². The molecule has 2 atom stereocenters. The summed E-state index contributed by atoms with van der Waals surface area (Å²) in [5, 5.41) is 10.1. The number of nitrogens with zero attached hydrogens (tertiary/aromatic N) is 1. The molecule has 0 spiro atoms. The molecule has 1 saturated heterocycles. The van der Waals surface area contributed by atoms with Gasteiger partial charge in [-0.1, -0.05) is 37.3 Å². The zero-order chi connectivity index (χ0) is 14.9. The van der Waals surface area contributed by atoms with Gasteiger partial charge in [-0.2, -0.15) is 0 Å². The van der Waals surface area contributed by atoms with Crippen LogP contribution < -0.4 is 0 Å². The highest BCUT2D eigenvalue weighted by Crippen LogP contribution is 2.13. The number of rotatable bonds is 9. The van der Waals surface area contributed by atoms with Crippen LogP contribution in [-0.4, -0.2) is 55.1 Å². The second kappa shape index (κ2) is 9.15. The van der Waals surface area contributed by atoms with E-state index in [2.05, 4.69) is 11.8 Å². The van der Waals surface area contributed by atoms with Crippen LogP contribution in [0, 0.1) is 0 Å². The molecule has 1 fully saturated rings. The molecule has 0 amide bonds. The molecule has 0 saturated carbocycles. The summed E-state index contributed by atoms with van der Waals surface area (Å²) in [4.78, 5) is 2.24. The lowest BCUT2D eigenvalue weighted by atomic mass is 10.2. The van der Waals surface area contributed by atoms with E-state index in [1.54, 1.807) is 0 Å². The first-order chi connectivity index (χ1) is 10.3. The summed E-state index contributed by atoms with van der Waals surface area (Å²) in [7, 11) is 0. The average Bonchev–Trinajstić information content (AvgIpc) is 3.00. The van der Waals surface area contributed by atoms with Crippen molar-refractivity contribution in [1.29, 1.82) is 0 Å². The number of hydrogen-bond donors (Lipinski definition) is 1. The van der Waals surface area contributed by atoms with Gasteiger partial charge in [-0.15, -0.1) is 0 Å². The number of benzene rings is 1. The van der Waals surface area contributed by atoms with Gasteiger partial charge in [0.15, 0.2) is 0 Å². The van der Waals surface area contributed by atoms with Crippen LogP contribution in [0.3, 0.4) is 0 Å². The quantitative estimate of drug-likeness (QED) is 0.757. The summed E-state index contributed by atoms with van der Waals surface area (Å²) in [6.45, 7) is 6.40. The lowest BCUT2D eigenvalue weighted by Crippen LogP contribution is -2.39. The van der Waals surface area contributed by atoms with E-state index in [0.29, 0.717) is 25.9 Å². The number of aliphatic hydroxyl groups excluding tert-OH is 1. The van der Waals surface area contributed by atoms with E-state index < -0.39 is 6.10 Å². The van der Waals surface area contributed by atoms with Gasteiger partial charge in [0.05, 0.1) is 25.4 Å². The van der Waals surface area contributed by atoms with Crippen molar-refractivity contribution in [2.75, 3.05) is 32.8 Å². The van der Waals surface area contributed by atoms with Crippen LogP contribution in [0.25, 0.3) is 0 Å². The minimum absolute atomic E-state index is 0.336. The van der Waals surface area contributed by atoms with Crippen LogP contribution in [0.5, 0.6) is 0 Å². The topological polar surface area (TPSA) is 41.9 Å². The van der Waals surface area contributed by atoms with Crippen LogP contribution in [0.2, 0.25) is 0 Å². The van der Waals surface area contributed by atoms with Gasteiger partial charge in [0.25, 0.3) is 0 Å². The molecule has 1 aliphatic heterocycles. The predicted octanol–water partition coefficient (Wildman–Crippen LogP) is 2.06. The third-order valence-electron chi connectivity index (χ3n) is 3.82. The fourth-order valence-electron chi connectivity index (χ4n) is 2.65. The van der Waals surface area contributed by atoms with Gasteiger partial charge in [0, 0.05) is 19.7 Å². The maximum atomic E-state index is 10.1. The van der Waals surface area contributed by atoms with E-state index in [1.807, 2.05) is 30.3 Å². The second-order valence-electron chi connectivity index (χ2n) is 5.64. The molecule has 2 rings (SSSR count). The van der Waals surface area contributed by atoms with Crippen molar-refractivity contribution in [2.45, 2.75) is 38.6 Å². The Morgan fingerprint density at radius 3 is 2.86 bits per heavy atom. The minimum Gasteiger partial charge on any atom is -0.389 e. The van der Waals surface area contributed by atoms with Gasteiger partial charge in [-0.3, -0.25) is 4.90 Å². The summed E-state index contributed by atoms with van der Waals surface area (Å²) < 4.78 is 11.2. The smallest absolute Gasteiger partial charge is 0.0900 e. The van der Waals surface area contributed by atoms with Gasteiger partial charge < -0.3 is 14.6 Å². The molecule has 0 bridgehead atoms. The Kier molecular flexibility index (Phi) is 7.16. The monoisotopic (exact) mass is 293 g/mol. The second-order valence-corrected chi connectivity index (χ2v) is 5.64. The molecule has 1 aromatic carbocycles. The SMILES string of the molecule is CCN(CC(O)COCc1ccccc1)CC1CCCO1. The summed E-state index contributed by atoms with van der Waals surface area (Å²) in [6.07, 6.45) is 2.18. The molecule has 1 heterocycles. The Morgan fingerprint density at radius 2 is 2.19 bits per heavy atom. The van der Waals surface area contributed by atoms with Crippen LogP contribution in [0.15, 0.2) is 30.3 Å². The first-order valence-electron chi connectivity index (χ1n) is 7.91. The van der Waals surface area contributed by atoms with E-state index >= 15 is 0 Å². The molecule has 0 aromatic heterocycles. The van der Waals surface area contributed by atoms with E-state index in [0.717, 1.165) is 38.1 Å². The van der Waals surface area contributed by atoms with Crippen molar-refractivity contribution >= 4 is 0 Å². The Balaban J connectivity index is 1.63. The molecule has 4 nitrogen and oxygen atoms in total. The first-order valence-corrected chi connectivity index (χ1v) is 7.91. The number of likely N-dealkylation sites (N-methyl/N-ethyl adjacent to an activating group) is 1. The standard InChI is InChI=1S/C17H27NO3/c1-2-18(12-17-9-6-10-21-17)11-16(19)14-20-13-15-7-4-3-5-8-15/h3-5,7-8,16-17,19H,2,6,9-14H2,1H3. The maximum Gasteiger partial charge on any atom is 0.0900 e. The van der Waals surface area contributed by atoms with Gasteiger partial charge in [-0.05, 0) is 24.9 Å². The number of ether oxygens (including phenoxy) is 2. The van der Waals surface area contributed by atoms with Crippen molar-refractivity contribution in [3.05, 3.63) is 35.9 Å². The molecule has 1 aromatic rings. The molecular formula is C17H27NO3. The van der Waals surface area contributed by atoms with Crippen molar-refractivity contribution in [2.24, 2.45) is 0 Å². The van der Waals surface area contributed by atoms with E-state index in [4.69, 9.17) is 9.47 Å². The van der Waals surface area contributed by atoms with Crippen molar-refractivity contribution in [1.82, 2.24) is 4.90 Å². The van der Waals surface area contributed by atoms with Crippen molar-refractivity contribution in [3.63, 3.8) is 0 Å². The zero-order valence-corrected chi connectivity index (χ0v) is 12.9. The van der Waals surface area contributed by atoms with Crippen molar-refractivity contribution < 1.29 is 14.6 Å². The van der Waals surface area contributed by atoms with Gasteiger partial charge in [-0.25, -0.2) is 0 Å². The van der Waals surface area contributed by atoms with Crippen LogP contribution in [0.4, 0.5) is 0 Å². The Morgan fingerprint density at radius 1 is 1.38 bits per heavy atom. The van der Waals surface area contributed by atoms with E-state index in [9.17, 15) is 5.11 Å². The van der Waals surface area contributed by atoms with Crippen molar-refractivity contribution in [3.8, 4) is 0 Å². The number of aliphatic hydroxyl groups is 1. The molecule has 0 aliphatic carbocycles. The molecule has 1 aliphatic rings. The van der Waals surface area contributed by atoms with Gasteiger partial charge >= 0.3 is 0 Å². The maximum absolute atomic E-state index is 10.1. The lowest BCUT2D eigenvalue weighted by molar-refractivity contribution is 0.000197. The predicted molar refractivity (Wildman–Crippen MR) is 83.2 cm³/mol. The van der Waals surface area contributed by atoms with Gasteiger partial charge in [0.1, 0.15) is 0 Å². The van der Waals surface area contributed by atoms with E-state index in [1.165, 1.54) is 0 Å². The molecular weight excluding hydrogens is 266 g/mol. The highest BCUT2D eigenvalue weighted by atomic mass is 16.5. The highest BCUT2D eigenvalue weighted by Gasteiger charge is 2.20. The lowest BCUT2D eigenvalue weighted by Gasteiger charge is -2.26. The summed E-state index contributed by atoms with van der Waals surface area (Å²) in [6, 6.07) is 10.0. The normalized spacial score (nSPS) is 20.0. The Hall–Kier alpha value is -0.940. The molecule has 2 unspecified atom stereocenters. The zero-order valence-electron chi connectivity index (χ0n) is 12.9. The molecule has 4 heteroatoms. The van der Waals surface area contributed by atoms with Crippen LogP contribution in [-0.2, 0) is 16.1 Å². The highest BCUT2D eigenvalue weighted by molar-refractivity contribution is 5.13. The van der Waals surface area contributed by atoms with Crippen LogP contribution in [0.1, 0.15) is 25.3 Å². The summed E-state index contributed by atoms with van der Waals surface area (Å²) in [5.41, 5.74) is 1.14. The third-order valence-corrected chi connectivity index (χ3v) is 3.82. The summed E-state index contributed by atoms with van der Waals surface area (Å²) in [5.74, 6) is 0. The molecule has 0 radical (unpaired) electrons. The third kappa shape index (κ3) is 6.14. The van der Waals surface area contributed by atoms with E-state index in [-0.39, 0.29) is 0 Å². The Labute approximate surface area is 127 Å². The fraction of sp³-hybridized carbons (Fsp3) is 0.647. The Bertz CT molecular complexity index is 379. The molecule has 21 heavy (non-hydrogen) atoms. The summed E-state index contributed by atoms with van der Waals surface area (Å²) >= 11 is 0. The molecule has 1 N–H and O–H groups in total. The molecule has 118 valence electrons. The van der Waals surface area contributed by atoms with Gasteiger partial charge in [0.2, 0.25) is 0 Å². The minimum atomic E-state index is -0.449. The number of hydrogen-bond acceptors (Lipinski definition) is 4. The average molecular weight is 293 g/mol. The first kappa shape index (κ1) is 16.4. The fourth-order valence-corrected chi connectivity index (χ4v) is 2.65.